The maximum atomic E-state index is 11.8. The average molecular weight is 345 g/mol. The quantitative estimate of drug-likeness (QED) is 0.444. The molecule has 1 rings (SSSR count). The summed E-state index contributed by atoms with van der Waals surface area (Å²) in [6.45, 7) is 5.31. The largest absolute Gasteiger partial charge is 0.444 e. The molecule has 0 spiro atoms. The first kappa shape index (κ1) is 19.5. The van der Waals surface area contributed by atoms with Gasteiger partial charge in [-0.3, -0.25) is 4.79 Å². The van der Waals surface area contributed by atoms with Gasteiger partial charge in [-0.2, -0.15) is 0 Å². The minimum Gasteiger partial charge on any atom is -0.444 e. The minimum absolute atomic E-state index is 0.0208. The van der Waals surface area contributed by atoms with Gasteiger partial charge in [0.1, 0.15) is 11.7 Å². The molecular formula is C14H23N3O5S. The lowest BCUT2D eigenvalue weighted by molar-refractivity contribution is 0.0112. The lowest BCUT2D eigenvalue weighted by atomic mass is 10.1. The highest BCUT2D eigenvalue weighted by molar-refractivity contribution is 7.98. The summed E-state index contributed by atoms with van der Waals surface area (Å²) in [6, 6.07) is 0. The van der Waals surface area contributed by atoms with Gasteiger partial charge in [0.15, 0.2) is 5.16 Å². The smallest absolute Gasteiger partial charge is 0.407 e. The molecule has 23 heavy (non-hydrogen) atoms. The van der Waals surface area contributed by atoms with Crippen molar-refractivity contribution in [1.29, 1.82) is 0 Å². The molecule has 0 saturated heterocycles. The summed E-state index contributed by atoms with van der Waals surface area (Å²) in [5, 5.41) is 22.9. The number of amides is 1. The molecule has 8 nitrogen and oxygen atoms in total. The summed E-state index contributed by atoms with van der Waals surface area (Å²) in [5.41, 5.74) is -1.14. The van der Waals surface area contributed by atoms with Gasteiger partial charge < -0.3 is 25.3 Å². The predicted molar refractivity (Wildman–Crippen MR) is 86.5 cm³/mol. The molecule has 4 N–H and O–H groups in total. The number of alkyl carbamates (subject to hydrolysis) is 1. The molecule has 130 valence electrons. The number of thioether (sulfide) groups is 1. The van der Waals surface area contributed by atoms with Crippen LogP contribution in [-0.4, -0.2) is 50.8 Å². The molecule has 1 heterocycles. The van der Waals surface area contributed by atoms with E-state index in [4.69, 9.17) is 4.74 Å². The molecule has 0 saturated carbocycles. The van der Waals surface area contributed by atoms with Gasteiger partial charge in [-0.15, -0.1) is 0 Å². The number of aliphatic hydroxyl groups excluding tert-OH is 2. The van der Waals surface area contributed by atoms with Crippen molar-refractivity contribution in [2.75, 3.05) is 12.8 Å². The second kappa shape index (κ2) is 8.32. The Morgan fingerprint density at radius 1 is 1.48 bits per heavy atom. The summed E-state index contributed by atoms with van der Waals surface area (Å²) in [4.78, 5) is 29.7. The van der Waals surface area contributed by atoms with E-state index in [2.05, 4.69) is 15.3 Å². The maximum Gasteiger partial charge on any atom is 0.407 e. The van der Waals surface area contributed by atoms with Crippen LogP contribution in [0.1, 0.15) is 38.9 Å². The van der Waals surface area contributed by atoms with Gasteiger partial charge in [-0.25, -0.2) is 9.78 Å². The van der Waals surface area contributed by atoms with Gasteiger partial charge in [-0.1, -0.05) is 11.8 Å². The molecule has 9 heteroatoms. The topological polar surface area (TPSA) is 125 Å². The number of aromatic nitrogens is 2. The Morgan fingerprint density at radius 2 is 2.13 bits per heavy atom. The Balaban J connectivity index is 2.53. The molecular weight excluding hydrogens is 322 g/mol. The van der Waals surface area contributed by atoms with Crippen LogP contribution >= 0.6 is 11.8 Å². The number of aliphatic hydroxyl groups is 2. The fraction of sp³-hybridized carbons (Fsp3) is 0.643. The highest BCUT2D eigenvalue weighted by atomic mass is 32.2. The summed E-state index contributed by atoms with van der Waals surface area (Å²) < 4.78 is 5.05. The molecule has 0 radical (unpaired) electrons. The Morgan fingerprint density at radius 3 is 2.65 bits per heavy atom. The van der Waals surface area contributed by atoms with Crippen LogP contribution in [0.25, 0.3) is 0 Å². The standard InChI is InChI=1S/C14H23N3O5S/c1-14(2,3)22-13(21)15-6-5-9(18)10(19)8-7-16-12(23-4)17-11(8)20/h7,9-10,18-19H,5-6H2,1-4H3,(H,15,21)(H,16,17,20). The van der Waals surface area contributed by atoms with Crippen molar-refractivity contribution in [2.45, 2.75) is 50.2 Å². The molecule has 0 aliphatic heterocycles. The van der Waals surface area contributed by atoms with Crippen molar-refractivity contribution in [3.63, 3.8) is 0 Å². The minimum atomic E-state index is -1.39. The number of nitrogens with zero attached hydrogens (tertiary/aromatic N) is 1. The zero-order chi connectivity index (χ0) is 17.6. The van der Waals surface area contributed by atoms with E-state index in [0.29, 0.717) is 5.16 Å². The van der Waals surface area contributed by atoms with Crippen LogP contribution in [0.2, 0.25) is 0 Å². The lowest BCUT2D eigenvalue weighted by Crippen LogP contribution is -2.35. The molecule has 0 aliphatic carbocycles. The molecule has 1 amide bonds. The molecule has 2 unspecified atom stereocenters. The number of hydrogen-bond acceptors (Lipinski definition) is 7. The van der Waals surface area contributed by atoms with Crippen LogP contribution < -0.4 is 10.9 Å². The van der Waals surface area contributed by atoms with Crippen LogP contribution in [0.4, 0.5) is 4.79 Å². The number of aromatic amines is 1. The molecule has 1 aromatic rings. The Hall–Kier alpha value is -1.58. The van der Waals surface area contributed by atoms with Gasteiger partial charge in [0, 0.05) is 12.7 Å². The van der Waals surface area contributed by atoms with E-state index in [1.165, 1.54) is 18.0 Å². The van der Waals surface area contributed by atoms with Crippen molar-refractivity contribution < 1.29 is 19.7 Å². The van der Waals surface area contributed by atoms with Crippen molar-refractivity contribution in [2.24, 2.45) is 0 Å². The van der Waals surface area contributed by atoms with Crippen LogP contribution in [0, 0.1) is 0 Å². The van der Waals surface area contributed by atoms with E-state index in [1.54, 1.807) is 27.0 Å². The first-order valence-electron chi connectivity index (χ1n) is 7.10. The summed E-state index contributed by atoms with van der Waals surface area (Å²) in [5.74, 6) is 0. The summed E-state index contributed by atoms with van der Waals surface area (Å²) in [6.07, 6.45) is -0.159. The second-order valence-corrected chi connectivity index (χ2v) is 6.70. The highest BCUT2D eigenvalue weighted by Crippen LogP contribution is 2.16. The van der Waals surface area contributed by atoms with E-state index in [-0.39, 0.29) is 18.5 Å². The zero-order valence-electron chi connectivity index (χ0n) is 13.6. The number of carbonyl (C=O) groups is 1. The molecule has 0 aromatic carbocycles. The highest BCUT2D eigenvalue weighted by Gasteiger charge is 2.22. The van der Waals surface area contributed by atoms with E-state index in [0.717, 1.165) is 0 Å². The summed E-state index contributed by atoms with van der Waals surface area (Å²) in [7, 11) is 0. The number of rotatable bonds is 6. The third kappa shape index (κ3) is 6.59. The molecule has 0 aliphatic rings. The van der Waals surface area contributed by atoms with Crippen LogP contribution in [0.15, 0.2) is 16.1 Å². The third-order valence-corrected chi connectivity index (χ3v) is 3.38. The van der Waals surface area contributed by atoms with E-state index in [9.17, 15) is 19.8 Å². The van der Waals surface area contributed by atoms with Gasteiger partial charge in [-0.05, 0) is 33.4 Å². The first-order chi connectivity index (χ1) is 10.6. The number of hydrogen-bond donors (Lipinski definition) is 4. The average Bonchev–Trinajstić information content (AvgIpc) is 2.44. The Labute approximate surface area is 138 Å². The zero-order valence-corrected chi connectivity index (χ0v) is 14.4. The third-order valence-electron chi connectivity index (χ3n) is 2.79. The van der Waals surface area contributed by atoms with E-state index >= 15 is 0 Å². The van der Waals surface area contributed by atoms with Crippen molar-refractivity contribution in [3.8, 4) is 0 Å². The molecule has 0 bridgehead atoms. The normalized spacial score (nSPS) is 14.2. The van der Waals surface area contributed by atoms with Gasteiger partial charge in [0.05, 0.1) is 11.7 Å². The number of H-pyrrole nitrogens is 1. The lowest BCUT2D eigenvalue weighted by Gasteiger charge is -2.21. The maximum absolute atomic E-state index is 11.8. The number of nitrogens with one attached hydrogen (secondary N) is 2. The number of carbonyl (C=O) groups excluding carboxylic acids is 1. The van der Waals surface area contributed by atoms with Gasteiger partial charge >= 0.3 is 6.09 Å². The van der Waals surface area contributed by atoms with E-state index in [1.807, 2.05) is 0 Å². The monoisotopic (exact) mass is 345 g/mol. The van der Waals surface area contributed by atoms with Crippen LogP contribution in [0.5, 0.6) is 0 Å². The first-order valence-corrected chi connectivity index (χ1v) is 8.32. The van der Waals surface area contributed by atoms with Crippen LogP contribution in [-0.2, 0) is 4.74 Å². The van der Waals surface area contributed by atoms with Gasteiger partial charge in [0.2, 0.25) is 0 Å². The number of ether oxygens (including phenoxy) is 1. The fourth-order valence-electron chi connectivity index (χ4n) is 1.70. The summed E-state index contributed by atoms with van der Waals surface area (Å²) >= 11 is 1.26. The fourth-order valence-corrected chi connectivity index (χ4v) is 2.06. The predicted octanol–water partition coefficient (Wildman–Crippen LogP) is 0.801. The van der Waals surface area contributed by atoms with Crippen molar-refractivity contribution in [1.82, 2.24) is 15.3 Å². The SMILES string of the molecule is CSc1ncc(C(O)C(O)CCNC(=O)OC(C)(C)C)c(=O)[nH]1. The van der Waals surface area contributed by atoms with Crippen molar-refractivity contribution in [3.05, 3.63) is 22.1 Å². The van der Waals surface area contributed by atoms with Gasteiger partial charge in [0.25, 0.3) is 5.56 Å². The molecule has 2 atom stereocenters. The Bertz CT molecular complexity index is 585. The Kier molecular flexibility index (Phi) is 7.04. The molecule has 0 fully saturated rings. The van der Waals surface area contributed by atoms with E-state index < -0.39 is 29.5 Å². The van der Waals surface area contributed by atoms with Crippen LogP contribution in [0.3, 0.4) is 0 Å². The molecule has 1 aromatic heterocycles. The van der Waals surface area contributed by atoms with Crippen molar-refractivity contribution >= 4 is 17.9 Å². The second-order valence-electron chi connectivity index (χ2n) is 5.91.